The molecule has 1 aromatic rings. The third kappa shape index (κ3) is 1.43. The highest BCUT2D eigenvalue weighted by Crippen LogP contribution is 2.58. The van der Waals surface area contributed by atoms with Crippen LogP contribution in [0.1, 0.15) is 15.9 Å². The quantitative estimate of drug-likeness (QED) is 0.174. The highest BCUT2D eigenvalue weighted by Gasteiger charge is 2.84. The van der Waals surface area contributed by atoms with Gasteiger partial charge in [0, 0.05) is 11.3 Å². The van der Waals surface area contributed by atoms with Crippen molar-refractivity contribution in [3.8, 4) is 0 Å². The fraction of sp³-hybridized carbons (Fsp3) is 0.308. The fourth-order valence-electron chi connectivity index (χ4n) is 3.96. The summed E-state index contributed by atoms with van der Waals surface area (Å²) in [6.07, 6.45) is 0. The molecule has 3 amide bonds. The molecule has 3 aliphatic heterocycles. The number of nitrogens with one attached hydrogen (secondary N) is 1. The molecule has 6 N–H and O–H groups in total. The maximum absolute atomic E-state index is 13.7. The van der Waals surface area contributed by atoms with E-state index in [2.05, 4.69) is 0 Å². The average molecular weight is 363 g/mol. The van der Waals surface area contributed by atoms with Gasteiger partial charge in [0.2, 0.25) is 0 Å². The summed E-state index contributed by atoms with van der Waals surface area (Å²) >= 11 is 0. The van der Waals surface area contributed by atoms with Gasteiger partial charge in [-0.3, -0.25) is 24.6 Å². The highest BCUT2D eigenvalue weighted by molar-refractivity contribution is 6.33. The van der Waals surface area contributed by atoms with Crippen molar-refractivity contribution in [1.29, 1.82) is 0 Å². The number of hydrogen-bond acceptors (Lipinski definition) is 8. The molecule has 26 heavy (non-hydrogen) atoms. The number of benzene rings is 1. The van der Waals surface area contributed by atoms with Gasteiger partial charge in [0.1, 0.15) is 11.4 Å². The van der Waals surface area contributed by atoms with Crippen LogP contribution in [0, 0.1) is 5.82 Å². The van der Waals surface area contributed by atoms with E-state index >= 15 is 0 Å². The number of ether oxygens (including phenoxy) is 1. The van der Waals surface area contributed by atoms with Gasteiger partial charge in [-0.2, -0.15) is 0 Å². The second-order valence-corrected chi connectivity index (χ2v) is 6.81. The lowest BCUT2D eigenvalue weighted by Crippen LogP contribution is -2.83. The van der Waals surface area contributed by atoms with Crippen LogP contribution in [0.15, 0.2) is 12.1 Å². The van der Waals surface area contributed by atoms with Gasteiger partial charge in [-0.25, -0.2) is 4.39 Å². The number of hydrogen-bond donors (Lipinski definition) is 5. The number of anilines is 1. The van der Waals surface area contributed by atoms with Crippen molar-refractivity contribution in [2.24, 2.45) is 0 Å². The van der Waals surface area contributed by atoms with Gasteiger partial charge in [-0.05, 0) is 12.1 Å². The Balaban J connectivity index is 2.05. The molecule has 2 saturated heterocycles. The number of nitrogens with zero attached hydrogens (tertiary/aromatic N) is 1. The SMILES string of the molecule is BC12OC3(O)C(B)(O)C(=O)NC(=O)C3(O)N1C(=O)c1cc(F)cc(N)c12. The van der Waals surface area contributed by atoms with Gasteiger partial charge in [-0.1, -0.05) is 0 Å². The van der Waals surface area contributed by atoms with E-state index < -0.39 is 46.2 Å². The van der Waals surface area contributed by atoms with E-state index in [-0.39, 0.29) is 16.8 Å². The number of carbonyl (C=O) groups excluding carboxylic acids is 3. The first-order chi connectivity index (χ1) is 11.8. The van der Waals surface area contributed by atoms with E-state index in [0.717, 1.165) is 20.0 Å². The van der Waals surface area contributed by atoms with E-state index in [1.165, 1.54) is 7.85 Å². The lowest BCUT2D eigenvalue weighted by molar-refractivity contribution is -0.317. The lowest BCUT2D eigenvalue weighted by atomic mass is 9.67. The van der Waals surface area contributed by atoms with Crippen molar-refractivity contribution in [2.45, 2.75) is 22.6 Å². The number of aliphatic hydroxyl groups is 3. The molecular formula is C13H12B2FN3O7. The average Bonchev–Trinajstić information content (AvgIpc) is 2.84. The molecule has 0 radical (unpaired) electrons. The number of amides is 3. The maximum atomic E-state index is 13.7. The lowest BCUT2D eigenvalue weighted by Gasteiger charge is -2.47. The summed E-state index contributed by atoms with van der Waals surface area (Å²) in [6, 6.07) is 1.73. The van der Waals surface area contributed by atoms with E-state index in [0.29, 0.717) is 4.90 Å². The van der Waals surface area contributed by atoms with Crippen LogP contribution in [0.3, 0.4) is 0 Å². The standard InChI is InChI=1S/C13H12B2FN3O7/c14-10(23)8(21)18-9(22)11(24)13(10,25)26-12(15)6-4(7(20)19(11)12)1-3(16)2-5(6)17/h1-2,23-25H,14-15,17H2,(H,18,21,22). The largest absolute Gasteiger partial charge is 0.398 e. The summed E-state index contributed by atoms with van der Waals surface area (Å²) in [5.74, 6) is -7.94. The predicted molar refractivity (Wildman–Crippen MR) is 84.8 cm³/mol. The molecule has 0 aromatic heterocycles. The molecule has 0 bridgehead atoms. The fourth-order valence-corrected chi connectivity index (χ4v) is 3.96. The molecule has 134 valence electrons. The Morgan fingerprint density at radius 3 is 2.38 bits per heavy atom. The molecule has 3 aliphatic rings. The normalized spacial score (nSPS) is 40.9. The van der Waals surface area contributed by atoms with Crippen LogP contribution in [0.4, 0.5) is 10.1 Å². The Bertz CT molecular complexity index is 943. The Morgan fingerprint density at radius 1 is 1.15 bits per heavy atom. The van der Waals surface area contributed by atoms with Crippen LogP contribution in [-0.4, -0.2) is 70.6 Å². The molecule has 4 rings (SSSR count). The van der Waals surface area contributed by atoms with Crippen LogP contribution in [0.2, 0.25) is 0 Å². The number of carbonyl (C=O) groups is 3. The Labute approximate surface area is 146 Å². The van der Waals surface area contributed by atoms with E-state index in [1.807, 2.05) is 0 Å². The molecule has 2 fully saturated rings. The van der Waals surface area contributed by atoms with Crippen molar-refractivity contribution >= 4 is 39.1 Å². The molecule has 0 aliphatic carbocycles. The zero-order valence-corrected chi connectivity index (χ0v) is 13.5. The maximum Gasteiger partial charge on any atom is 0.286 e. The number of nitrogens with two attached hydrogens (primary N) is 1. The minimum Gasteiger partial charge on any atom is -0.398 e. The van der Waals surface area contributed by atoms with Crippen LogP contribution >= 0.6 is 0 Å². The third-order valence-electron chi connectivity index (χ3n) is 5.25. The molecule has 0 spiro atoms. The molecule has 4 atom stereocenters. The summed E-state index contributed by atoms with van der Waals surface area (Å²) < 4.78 is 19.1. The number of piperidine rings is 1. The zero-order valence-electron chi connectivity index (χ0n) is 13.5. The number of imide groups is 1. The van der Waals surface area contributed by atoms with Gasteiger partial charge in [0.05, 0.1) is 5.56 Å². The second kappa shape index (κ2) is 4.26. The molecule has 3 heterocycles. The molecule has 4 unspecified atom stereocenters. The van der Waals surface area contributed by atoms with E-state index in [1.54, 1.807) is 5.32 Å². The zero-order chi connectivity index (χ0) is 19.4. The van der Waals surface area contributed by atoms with Crippen LogP contribution in [0.5, 0.6) is 0 Å². The highest BCUT2D eigenvalue weighted by atomic mass is 19.1. The van der Waals surface area contributed by atoms with Crippen molar-refractivity contribution < 1.29 is 38.8 Å². The van der Waals surface area contributed by atoms with E-state index in [9.17, 15) is 34.1 Å². The minimum absolute atomic E-state index is 0.115. The van der Waals surface area contributed by atoms with Crippen molar-refractivity contribution in [2.75, 3.05) is 5.73 Å². The Hall–Kier alpha value is -2.47. The third-order valence-corrected chi connectivity index (χ3v) is 5.25. The summed E-state index contributed by atoms with van der Waals surface area (Å²) in [5.41, 5.74) is -2.90. The van der Waals surface area contributed by atoms with Gasteiger partial charge in [0.15, 0.2) is 21.2 Å². The first-order valence-corrected chi connectivity index (χ1v) is 7.49. The molecule has 10 nitrogen and oxygen atoms in total. The molecule has 0 saturated carbocycles. The summed E-state index contributed by atoms with van der Waals surface area (Å²) in [7, 11) is 2.00. The molecular weight excluding hydrogens is 351 g/mol. The van der Waals surface area contributed by atoms with Gasteiger partial charge in [0.25, 0.3) is 29.2 Å². The number of halogens is 1. The monoisotopic (exact) mass is 363 g/mol. The number of rotatable bonds is 0. The molecule has 13 heteroatoms. The Kier molecular flexibility index (Phi) is 2.78. The van der Waals surface area contributed by atoms with Crippen LogP contribution < -0.4 is 11.1 Å². The second-order valence-electron chi connectivity index (χ2n) is 6.81. The number of fused-ring (bicyclic) bond motifs is 5. The van der Waals surface area contributed by atoms with Crippen LogP contribution in [0.25, 0.3) is 0 Å². The summed E-state index contributed by atoms with van der Waals surface area (Å²) in [5, 5.41) is 34.0. The van der Waals surface area contributed by atoms with E-state index in [4.69, 9.17) is 10.5 Å². The first kappa shape index (κ1) is 17.0. The summed E-state index contributed by atoms with van der Waals surface area (Å²) in [4.78, 5) is 37.6. The predicted octanol–water partition coefficient (Wildman–Crippen LogP) is -5.01. The smallest absolute Gasteiger partial charge is 0.286 e. The minimum atomic E-state index is -3.21. The van der Waals surface area contributed by atoms with Gasteiger partial charge >= 0.3 is 0 Å². The van der Waals surface area contributed by atoms with Gasteiger partial charge < -0.3 is 25.8 Å². The Morgan fingerprint density at radius 2 is 1.77 bits per heavy atom. The van der Waals surface area contributed by atoms with Crippen LogP contribution in [-0.2, 0) is 20.0 Å². The number of nitrogen functional groups attached to an aromatic ring is 1. The van der Waals surface area contributed by atoms with Gasteiger partial charge in [-0.15, -0.1) is 0 Å². The topological polar surface area (TPSA) is 162 Å². The molecule has 1 aromatic carbocycles. The first-order valence-electron chi connectivity index (χ1n) is 7.49. The van der Waals surface area contributed by atoms with Crippen molar-refractivity contribution in [3.63, 3.8) is 0 Å². The van der Waals surface area contributed by atoms with Crippen molar-refractivity contribution in [1.82, 2.24) is 10.2 Å². The summed E-state index contributed by atoms with van der Waals surface area (Å²) in [6.45, 7) is 0. The van der Waals surface area contributed by atoms with Crippen molar-refractivity contribution in [3.05, 3.63) is 29.1 Å².